The summed E-state index contributed by atoms with van der Waals surface area (Å²) in [6, 6.07) is 3.91. The fraction of sp³-hybridized carbons (Fsp3) is 0.500. The molecule has 2 rings (SSSR count). The molecular formula is C14H17ClFNO2. The average molecular weight is 286 g/mol. The SMILES string of the molecule is CC1(CO)CCCC1NC(=O)c1ccc(Cl)c(F)c1. The van der Waals surface area contributed by atoms with Gasteiger partial charge in [0.15, 0.2) is 0 Å². The maximum atomic E-state index is 13.3. The lowest BCUT2D eigenvalue weighted by Crippen LogP contribution is -2.44. The summed E-state index contributed by atoms with van der Waals surface area (Å²) in [5.41, 5.74) is -0.0465. The molecular weight excluding hydrogens is 269 g/mol. The predicted molar refractivity (Wildman–Crippen MR) is 71.7 cm³/mol. The second-order valence-corrected chi connectivity index (χ2v) is 5.77. The van der Waals surface area contributed by atoms with Crippen LogP contribution in [0.15, 0.2) is 18.2 Å². The summed E-state index contributed by atoms with van der Waals surface area (Å²) in [6.07, 6.45) is 2.68. The summed E-state index contributed by atoms with van der Waals surface area (Å²) < 4.78 is 13.3. The van der Waals surface area contributed by atoms with E-state index in [1.807, 2.05) is 6.92 Å². The van der Waals surface area contributed by atoms with Crippen LogP contribution in [0.3, 0.4) is 0 Å². The number of hydrogen-bond donors (Lipinski definition) is 2. The van der Waals surface area contributed by atoms with Gasteiger partial charge in [0.05, 0.1) is 11.6 Å². The lowest BCUT2D eigenvalue weighted by Gasteiger charge is -2.30. The highest BCUT2D eigenvalue weighted by molar-refractivity contribution is 6.30. The summed E-state index contributed by atoms with van der Waals surface area (Å²) in [7, 11) is 0. The van der Waals surface area contributed by atoms with Crippen LogP contribution in [0.2, 0.25) is 5.02 Å². The second kappa shape index (κ2) is 5.47. The molecule has 1 saturated carbocycles. The van der Waals surface area contributed by atoms with E-state index in [0.717, 1.165) is 25.3 Å². The third kappa shape index (κ3) is 2.90. The van der Waals surface area contributed by atoms with Crippen molar-refractivity contribution in [2.24, 2.45) is 5.41 Å². The van der Waals surface area contributed by atoms with E-state index in [0.29, 0.717) is 0 Å². The molecule has 0 heterocycles. The molecule has 104 valence electrons. The summed E-state index contributed by atoms with van der Waals surface area (Å²) in [5, 5.41) is 12.3. The first-order chi connectivity index (χ1) is 8.96. The normalized spacial score (nSPS) is 26.4. The van der Waals surface area contributed by atoms with Gasteiger partial charge in [0.1, 0.15) is 5.82 Å². The number of hydrogen-bond acceptors (Lipinski definition) is 2. The molecule has 5 heteroatoms. The molecule has 0 saturated heterocycles. The molecule has 1 aliphatic rings. The fourth-order valence-electron chi connectivity index (χ4n) is 2.55. The molecule has 1 fully saturated rings. The summed E-state index contributed by atoms with van der Waals surface area (Å²) in [6.45, 7) is 1.99. The van der Waals surface area contributed by atoms with Crippen molar-refractivity contribution in [3.63, 3.8) is 0 Å². The summed E-state index contributed by atoms with van der Waals surface area (Å²) in [4.78, 5) is 12.1. The Kier molecular flexibility index (Phi) is 4.11. The minimum absolute atomic E-state index is 0.00221. The van der Waals surface area contributed by atoms with Crippen LogP contribution in [0.4, 0.5) is 4.39 Å². The Bertz CT molecular complexity index is 494. The van der Waals surface area contributed by atoms with Gasteiger partial charge in [-0.2, -0.15) is 0 Å². The monoisotopic (exact) mass is 285 g/mol. The van der Waals surface area contributed by atoms with E-state index >= 15 is 0 Å². The molecule has 2 unspecified atom stereocenters. The largest absolute Gasteiger partial charge is 0.396 e. The van der Waals surface area contributed by atoms with Crippen LogP contribution in [-0.2, 0) is 0 Å². The highest BCUT2D eigenvalue weighted by Gasteiger charge is 2.39. The minimum atomic E-state index is -0.606. The first-order valence-corrected chi connectivity index (χ1v) is 6.71. The highest BCUT2D eigenvalue weighted by Crippen LogP contribution is 2.37. The quantitative estimate of drug-likeness (QED) is 0.897. The van der Waals surface area contributed by atoms with Crippen LogP contribution in [-0.4, -0.2) is 23.7 Å². The van der Waals surface area contributed by atoms with E-state index in [-0.39, 0.29) is 34.6 Å². The second-order valence-electron chi connectivity index (χ2n) is 5.36. The molecule has 2 atom stereocenters. The van der Waals surface area contributed by atoms with Gasteiger partial charge in [-0.1, -0.05) is 24.9 Å². The molecule has 0 spiro atoms. The van der Waals surface area contributed by atoms with Crippen molar-refractivity contribution in [2.75, 3.05) is 6.61 Å². The van der Waals surface area contributed by atoms with Crippen LogP contribution < -0.4 is 5.32 Å². The number of carbonyl (C=O) groups is 1. The molecule has 19 heavy (non-hydrogen) atoms. The van der Waals surface area contributed by atoms with Gasteiger partial charge in [0, 0.05) is 17.0 Å². The standard InChI is InChI=1S/C14H17ClFNO2/c1-14(8-18)6-2-3-12(14)17-13(19)9-4-5-10(15)11(16)7-9/h4-5,7,12,18H,2-3,6,8H2,1H3,(H,17,19). The highest BCUT2D eigenvalue weighted by atomic mass is 35.5. The van der Waals surface area contributed by atoms with Crippen LogP contribution in [0, 0.1) is 11.2 Å². The zero-order chi connectivity index (χ0) is 14.0. The number of aliphatic hydroxyl groups excluding tert-OH is 1. The Morgan fingerprint density at radius 2 is 2.37 bits per heavy atom. The van der Waals surface area contributed by atoms with Crippen LogP contribution in [0.25, 0.3) is 0 Å². The number of amides is 1. The summed E-state index contributed by atoms with van der Waals surface area (Å²) >= 11 is 5.58. The molecule has 0 radical (unpaired) electrons. The first kappa shape index (κ1) is 14.3. The van der Waals surface area contributed by atoms with Gasteiger partial charge in [-0.05, 0) is 31.0 Å². The van der Waals surface area contributed by atoms with E-state index in [2.05, 4.69) is 5.32 Å². The Hall–Kier alpha value is -1.13. The zero-order valence-corrected chi connectivity index (χ0v) is 11.5. The van der Waals surface area contributed by atoms with Crippen molar-refractivity contribution in [3.8, 4) is 0 Å². The third-order valence-electron chi connectivity index (χ3n) is 3.93. The van der Waals surface area contributed by atoms with E-state index in [1.54, 1.807) is 0 Å². The van der Waals surface area contributed by atoms with E-state index in [4.69, 9.17) is 11.6 Å². The first-order valence-electron chi connectivity index (χ1n) is 6.33. The van der Waals surface area contributed by atoms with Crippen LogP contribution in [0.1, 0.15) is 36.5 Å². The van der Waals surface area contributed by atoms with Gasteiger partial charge in [0.25, 0.3) is 5.91 Å². The molecule has 1 amide bonds. The zero-order valence-electron chi connectivity index (χ0n) is 10.7. The lowest BCUT2D eigenvalue weighted by molar-refractivity contribution is 0.0830. The Morgan fingerprint density at radius 3 is 3.00 bits per heavy atom. The van der Waals surface area contributed by atoms with Crippen molar-refractivity contribution in [2.45, 2.75) is 32.2 Å². The number of aliphatic hydroxyl groups is 1. The Labute approximate surface area is 116 Å². The van der Waals surface area contributed by atoms with E-state index in [9.17, 15) is 14.3 Å². The molecule has 0 aromatic heterocycles. The predicted octanol–water partition coefficient (Wildman–Crippen LogP) is 2.76. The Morgan fingerprint density at radius 1 is 1.63 bits per heavy atom. The third-order valence-corrected chi connectivity index (χ3v) is 4.24. The van der Waals surface area contributed by atoms with Crippen molar-refractivity contribution >= 4 is 17.5 Å². The molecule has 1 aliphatic carbocycles. The number of halogens is 2. The Balaban J connectivity index is 2.10. The average Bonchev–Trinajstić information content (AvgIpc) is 2.75. The van der Waals surface area contributed by atoms with Crippen molar-refractivity contribution < 1.29 is 14.3 Å². The molecule has 1 aromatic rings. The molecule has 2 N–H and O–H groups in total. The maximum absolute atomic E-state index is 13.3. The number of rotatable bonds is 3. The minimum Gasteiger partial charge on any atom is -0.396 e. The lowest BCUT2D eigenvalue weighted by atomic mass is 9.85. The maximum Gasteiger partial charge on any atom is 0.251 e. The van der Waals surface area contributed by atoms with Crippen molar-refractivity contribution in [1.29, 1.82) is 0 Å². The number of nitrogens with one attached hydrogen (secondary N) is 1. The molecule has 0 bridgehead atoms. The molecule has 0 aliphatic heterocycles. The van der Waals surface area contributed by atoms with Gasteiger partial charge in [-0.25, -0.2) is 4.39 Å². The van der Waals surface area contributed by atoms with Crippen molar-refractivity contribution in [3.05, 3.63) is 34.6 Å². The van der Waals surface area contributed by atoms with E-state index in [1.165, 1.54) is 12.1 Å². The number of benzene rings is 1. The van der Waals surface area contributed by atoms with Gasteiger partial charge in [-0.3, -0.25) is 4.79 Å². The van der Waals surface area contributed by atoms with Gasteiger partial charge in [-0.15, -0.1) is 0 Å². The van der Waals surface area contributed by atoms with Crippen LogP contribution in [0.5, 0.6) is 0 Å². The smallest absolute Gasteiger partial charge is 0.251 e. The fourth-order valence-corrected chi connectivity index (χ4v) is 2.66. The molecule has 1 aromatic carbocycles. The van der Waals surface area contributed by atoms with Crippen molar-refractivity contribution in [1.82, 2.24) is 5.32 Å². The van der Waals surface area contributed by atoms with E-state index < -0.39 is 5.82 Å². The summed E-state index contributed by atoms with van der Waals surface area (Å²) in [5.74, 6) is -0.937. The van der Waals surface area contributed by atoms with Gasteiger partial charge < -0.3 is 10.4 Å². The van der Waals surface area contributed by atoms with Gasteiger partial charge in [0.2, 0.25) is 0 Å². The topological polar surface area (TPSA) is 49.3 Å². The molecule has 3 nitrogen and oxygen atoms in total. The van der Waals surface area contributed by atoms with Crippen LogP contribution >= 0.6 is 11.6 Å². The van der Waals surface area contributed by atoms with Gasteiger partial charge >= 0.3 is 0 Å². The number of carbonyl (C=O) groups excluding carboxylic acids is 1.